The number of rotatable bonds is 6. The molecular formula is C21H25Cl2N3O3S. The third kappa shape index (κ3) is 5.34. The Morgan fingerprint density at radius 2 is 1.57 bits per heavy atom. The second-order valence-electron chi connectivity index (χ2n) is 7.55. The number of amides is 1. The second-order valence-corrected chi connectivity index (χ2v) is 10.3. The number of halogens is 2. The Morgan fingerprint density at radius 1 is 1.00 bits per heavy atom. The number of nitrogens with one attached hydrogen (secondary N) is 1. The number of benzene rings is 2. The lowest BCUT2D eigenvalue weighted by Gasteiger charge is -2.33. The van der Waals surface area contributed by atoms with Crippen molar-refractivity contribution in [3.05, 3.63) is 58.1 Å². The quantitative estimate of drug-likeness (QED) is 0.692. The minimum Gasteiger partial charge on any atom is -0.322 e. The number of para-hydroxylation sites is 1. The minimum atomic E-state index is -3.54. The van der Waals surface area contributed by atoms with Crippen LogP contribution in [0.5, 0.6) is 0 Å². The first-order chi connectivity index (χ1) is 14.2. The van der Waals surface area contributed by atoms with Gasteiger partial charge >= 0.3 is 0 Å². The highest BCUT2D eigenvalue weighted by Gasteiger charge is 2.29. The van der Waals surface area contributed by atoms with Crippen LogP contribution < -0.4 is 5.32 Å². The van der Waals surface area contributed by atoms with Crippen molar-refractivity contribution in [1.29, 1.82) is 0 Å². The van der Waals surface area contributed by atoms with Gasteiger partial charge in [-0.25, -0.2) is 8.42 Å². The molecule has 162 valence electrons. The summed E-state index contributed by atoms with van der Waals surface area (Å²) in [7, 11) is -3.54. The highest BCUT2D eigenvalue weighted by molar-refractivity contribution is 7.89. The van der Waals surface area contributed by atoms with E-state index in [1.807, 2.05) is 17.0 Å². The monoisotopic (exact) mass is 469 g/mol. The molecule has 0 saturated carbocycles. The highest BCUT2D eigenvalue weighted by atomic mass is 35.5. The van der Waals surface area contributed by atoms with Gasteiger partial charge in [0.1, 0.15) is 0 Å². The Hall–Kier alpha value is -1.64. The average molecular weight is 470 g/mol. The van der Waals surface area contributed by atoms with Crippen LogP contribution in [0.15, 0.2) is 47.4 Å². The SMILES string of the molecule is CC(C)c1ccc(S(=O)(=O)N2CCN(CC(=O)Nc3c(Cl)cccc3Cl)CC2)cc1. The summed E-state index contributed by atoms with van der Waals surface area (Å²) in [6.07, 6.45) is 0. The van der Waals surface area contributed by atoms with Gasteiger partial charge in [-0.05, 0) is 35.7 Å². The molecule has 0 aliphatic carbocycles. The van der Waals surface area contributed by atoms with Crippen molar-refractivity contribution in [2.24, 2.45) is 0 Å². The number of carbonyl (C=O) groups excluding carboxylic acids is 1. The highest BCUT2D eigenvalue weighted by Crippen LogP contribution is 2.29. The molecule has 0 unspecified atom stereocenters. The lowest BCUT2D eigenvalue weighted by molar-refractivity contribution is -0.117. The van der Waals surface area contributed by atoms with Crippen molar-refractivity contribution < 1.29 is 13.2 Å². The third-order valence-electron chi connectivity index (χ3n) is 5.11. The Labute approximate surface area is 187 Å². The molecule has 1 heterocycles. The van der Waals surface area contributed by atoms with Gasteiger partial charge in [-0.15, -0.1) is 0 Å². The van der Waals surface area contributed by atoms with Crippen LogP contribution in [0.3, 0.4) is 0 Å². The normalized spacial score (nSPS) is 16.0. The summed E-state index contributed by atoms with van der Waals surface area (Å²) in [5, 5.41) is 3.47. The van der Waals surface area contributed by atoms with Crippen LogP contribution in [0.4, 0.5) is 5.69 Å². The van der Waals surface area contributed by atoms with Crippen molar-refractivity contribution in [2.75, 3.05) is 38.0 Å². The van der Waals surface area contributed by atoms with E-state index in [-0.39, 0.29) is 12.5 Å². The van der Waals surface area contributed by atoms with Crippen molar-refractivity contribution in [1.82, 2.24) is 9.21 Å². The maximum atomic E-state index is 12.9. The van der Waals surface area contributed by atoms with Crippen molar-refractivity contribution in [3.63, 3.8) is 0 Å². The molecule has 9 heteroatoms. The van der Waals surface area contributed by atoms with E-state index < -0.39 is 10.0 Å². The van der Waals surface area contributed by atoms with Gasteiger partial charge in [0.05, 0.1) is 27.2 Å². The van der Waals surface area contributed by atoms with Crippen LogP contribution in [-0.4, -0.2) is 56.3 Å². The lowest BCUT2D eigenvalue weighted by Crippen LogP contribution is -2.50. The first kappa shape index (κ1) is 23.0. The van der Waals surface area contributed by atoms with E-state index >= 15 is 0 Å². The van der Waals surface area contributed by atoms with Crippen LogP contribution >= 0.6 is 23.2 Å². The maximum Gasteiger partial charge on any atom is 0.243 e. The Kier molecular flexibility index (Phi) is 7.42. The van der Waals surface area contributed by atoms with Crippen molar-refractivity contribution in [3.8, 4) is 0 Å². The summed E-state index contributed by atoms with van der Waals surface area (Å²) < 4.78 is 27.3. The zero-order valence-corrected chi connectivity index (χ0v) is 19.3. The number of carbonyl (C=O) groups is 1. The maximum absolute atomic E-state index is 12.9. The van der Waals surface area contributed by atoms with Gasteiger partial charge < -0.3 is 5.32 Å². The first-order valence-electron chi connectivity index (χ1n) is 9.75. The van der Waals surface area contributed by atoms with E-state index in [1.54, 1.807) is 30.3 Å². The van der Waals surface area contributed by atoms with Crippen LogP contribution in [0, 0.1) is 0 Å². The number of nitrogens with zero attached hydrogens (tertiary/aromatic N) is 2. The molecule has 1 N–H and O–H groups in total. The second kappa shape index (κ2) is 9.66. The van der Waals surface area contributed by atoms with Crippen LogP contribution in [0.2, 0.25) is 10.0 Å². The predicted octanol–water partition coefficient (Wildman–Crippen LogP) is 4.06. The molecule has 0 aromatic heterocycles. The number of piperazine rings is 1. The summed E-state index contributed by atoms with van der Waals surface area (Å²) in [5.74, 6) is 0.0997. The van der Waals surface area contributed by atoms with Gasteiger partial charge in [-0.2, -0.15) is 4.31 Å². The largest absolute Gasteiger partial charge is 0.322 e. The Morgan fingerprint density at radius 3 is 2.10 bits per heavy atom. The molecule has 0 bridgehead atoms. The molecule has 0 atom stereocenters. The van der Waals surface area contributed by atoms with Gasteiger partial charge in [-0.1, -0.05) is 55.2 Å². The summed E-state index contributed by atoms with van der Waals surface area (Å²) in [6.45, 7) is 5.86. The van der Waals surface area contributed by atoms with Crippen molar-refractivity contribution in [2.45, 2.75) is 24.7 Å². The number of anilines is 1. The summed E-state index contributed by atoms with van der Waals surface area (Å²) in [4.78, 5) is 14.6. The van der Waals surface area contributed by atoms with E-state index in [0.29, 0.717) is 52.7 Å². The number of hydrogen-bond acceptors (Lipinski definition) is 4. The first-order valence-corrected chi connectivity index (χ1v) is 11.9. The van der Waals surface area contributed by atoms with Crippen LogP contribution in [0.25, 0.3) is 0 Å². The zero-order valence-electron chi connectivity index (χ0n) is 16.9. The van der Waals surface area contributed by atoms with E-state index in [4.69, 9.17) is 23.2 Å². The molecule has 1 fully saturated rings. The third-order valence-corrected chi connectivity index (χ3v) is 7.65. The molecule has 0 radical (unpaired) electrons. The average Bonchev–Trinajstić information content (AvgIpc) is 2.71. The molecule has 6 nitrogen and oxygen atoms in total. The molecule has 3 rings (SSSR count). The summed E-state index contributed by atoms with van der Waals surface area (Å²) in [5.41, 5.74) is 1.49. The number of sulfonamides is 1. The predicted molar refractivity (Wildman–Crippen MR) is 121 cm³/mol. The molecule has 1 amide bonds. The lowest BCUT2D eigenvalue weighted by atomic mass is 10.0. The molecule has 2 aromatic carbocycles. The molecule has 1 saturated heterocycles. The van der Waals surface area contributed by atoms with Gasteiger partial charge in [0, 0.05) is 26.2 Å². The molecule has 1 aliphatic rings. The fourth-order valence-electron chi connectivity index (χ4n) is 3.30. The van der Waals surface area contributed by atoms with E-state index in [0.717, 1.165) is 5.56 Å². The molecule has 0 spiro atoms. The molecule has 2 aromatic rings. The van der Waals surface area contributed by atoms with Gasteiger partial charge in [0.25, 0.3) is 0 Å². The smallest absolute Gasteiger partial charge is 0.243 e. The van der Waals surface area contributed by atoms with Crippen LogP contribution in [-0.2, 0) is 14.8 Å². The van der Waals surface area contributed by atoms with Gasteiger partial charge in [0.15, 0.2) is 0 Å². The van der Waals surface area contributed by atoms with Crippen molar-refractivity contribution >= 4 is 44.8 Å². The fourth-order valence-corrected chi connectivity index (χ4v) is 5.22. The zero-order chi connectivity index (χ0) is 21.9. The van der Waals surface area contributed by atoms with E-state index in [9.17, 15) is 13.2 Å². The van der Waals surface area contributed by atoms with Crippen LogP contribution in [0.1, 0.15) is 25.3 Å². The molecule has 1 aliphatic heterocycles. The summed E-state index contributed by atoms with van der Waals surface area (Å²) >= 11 is 12.2. The Balaban J connectivity index is 1.57. The number of hydrogen-bond donors (Lipinski definition) is 1. The summed E-state index contributed by atoms with van der Waals surface area (Å²) in [6, 6.07) is 12.1. The van der Waals surface area contributed by atoms with Gasteiger partial charge in [0.2, 0.25) is 15.9 Å². The molecular weight excluding hydrogens is 445 g/mol. The fraction of sp³-hybridized carbons (Fsp3) is 0.381. The van der Waals surface area contributed by atoms with E-state index in [2.05, 4.69) is 19.2 Å². The Bertz CT molecular complexity index is 982. The van der Waals surface area contributed by atoms with E-state index in [1.165, 1.54) is 4.31 Å². The topological polar surface area (TPSA) is 69.7 Å². The van der Waals surface area contributed by atoms with Gasteiger partial charge in [-0.3, -0.25) is 9.69 Å². The minimum absolute atomic E-state index is 0.137. The standard InChI is InChI=1S/C21H25Cl2N3O3S/c1-15(2)16-6-8-17(9-7-16)30(28,29)26-12-10-25(11-13-26)14-20(27)24-21-18(22)4-3-5-19(21)23/h3-9,15H,10-14H2,1-2H3,(H,24,27). The molecule has 30 heavy (non-hydrogen) atoms.